The quantitative estimate of drug-likeness (QED) is 0.682. The fourth-order valence-corrected chi connectivity index (χ4v) is 2.98. The maximum Gasteiger partial charge on any atom is -0.00490 e. The van der Waals surface area contributed by atoms with Crippen molar-refractivity contribution >= 4 is 5.57 Å². The van der Waals surface area contributed by atoms with Crippen LogP contribution in [0.15, 0.2) is 59.2 Å². The molecule has 0 bridgehead atoms. The van der Waals surface area contributed by atoms with Gasteiger partial charge in [0.15, 0.2) is 0 Å². The minimum atomic E-state index is 1.15. The third kappa shape index (κ3) is 1.78. The molecule has 0 atom stereocenters. The lowest BCUT2D eigenvalue weighted by Crippen LogP contribution is -1.85. The third-order valence-corrected chi connectivity index (χ3v) is 3.75. The molecular weight excluding hydrogens is 204 g/mol. The van der Waals surface area contributed by atoms with E-state index in [1.807, 2.05) is 0 Å². The van der Waals surface area contributed by atoms with Gasteiger partial charge < -0.3 is 0 Å². The van der Waals surface area contributed by atoms with Crippen molar-refractivity contribution in [3.05, 3.63) is 64.8 Å². The second-order valence-electron chi connectivity index (χ2n) is 4.87. The number of hydrogen-bond acceptors (Lipinski definition) is 0. The van der Waals surface area contributed by atoms with Gasteiger partial charge in [0.05, 0.1) is 0 Å². The summed E-state index contributed by atoms with van der Waals surface area (Å²) in [6.45, 7) is 2.27. The summed E-state index contributed by atoms with van der Waals surface area (Å²) in [6, 6.07) is 10.8. The Morgan fingerprint density at radius 3 is 2.65 bits per heavy atom. The number of fused-ring (bicyclic) bond motifs is 1. The molecule has 0 amide bonds. The molecule has 3 rings (SSSR count). The summed E-state index contributed by atoms with van der Waals surface area (Å²) in [5, 5.41) is 0. The van der Waals surface area contributed by atoms with Gasteiger partial charge >= 0.3 is 0 Å². The van der Waals surface area contributed by atoms with Crippen molar-refractivity contribution in [1.82, 2.24) is 0 Å². The average Bonchev–Trinajstić information content (AvgIpc) is 2.94. The summed E-state index contributed by atoms with van der Waals surface area (Å²) in [5.41, 5.74) is 7.74. The molecule has 1 aromatic rings. The largest absolute Gasteiger partial charge is 0.0795 e. The third-order valence-electron chi connectivity index (χ3n) is 3.75. The molecular formula is C17H18. The average molecular weight is 222 g/mol. The number of rotatable bonds is 3. The van der Waals surface area contributed by atoms with Gasteiger partial charge in [-0.2, -0.15) is 0 Å². The lowest BCUT2D eigenvalue weighted by Gasteiger charge is -2.05. The molecule has 0 saturated carbocycles. The van der Waals surface area contributed by atoms with Crippen molar-refractivity contribution < 1.29 is 0 Å². The van der Waals surface area contributed by atoms with Crippen LogP contribution in [0.1, 0.15) is 38.2 Å². The van der Waals surface area contributed by atoms with Crippen molar-refractivity contribution in [2.45, 2.75) is 32.6 Å². The first kappa shape index (κ1) is 10.6. The molecule has 0 radical (unpaired) electrons. The van der Waals surface area contributed by atoms with E-state index in [-0.39, 0.29) is 0 Å². The summed E-state index contributed by atoms with van der Waals surface area (Å²) < 4.78 is 0. The lowest BCUT2D eigenvalue weighted by atomic mass is 9.99. The molecule has 0 heteroatoms. The summed E-state index contributed by atoms with van der Waals surface area (Å²) in [5.74, 6) is 0. The first-order chi connectivity index (χ1) is 8.40. The highest BCUT2D eigenvalue weighted by Crippen LogP contribution is 2.44. The van der Waals surface area contributed by atoms with E-state index in [1.54, 1.807) is 11.1 Å². The zero-order chi connectivity index (χ0) is 11.7. The zero-order valence-electron chi connectivity index (χ0n) is 10.4. The first-order valence-electron chi connectivity index (χ1n) is 6.56. The second-order valence-corrected chi connectivity index (χ2v) is 4.87. The van der Waals surface area contributed by atoms with Gasteiger partial charge in [0.2, 0.25) is 0 Å². The Morgan fingerprint density at radius 1 is 1.06 bits per heavy atom. The minimum Gasteiger partial charge on any atom is -0.0795 e. The summed E-state index contributed by atoms with van der Waals surface area (Å²) in [7, 11) is 0. The van der Waals surface area contributed by atoms with Crippen LogP contribution in [-0.2, 0) is 0 Å². The zero-order valence-corrected chi connectivity index (χ0v) is 10.4. The van der Waals surface area contributed by atoms with E-state index >= 15 is 0 Å². The predicted octanol–water partition coefficient (Wildman–Crippen LogP) is 4.90. The summed E-state index contributed by atoms with van der Waals surface area (Å²) >= 11 is 0. The Morgan fingerprint density at radius 2 is 1.88 bits per heavy atom. The maximum atomic E-state index is 2.32. The molecule has 0 fully saturated rings. The first-order valence-corrected chi connectivity index (χ1v) is 6.56. The van der Waals surface area contributed by atoms with E-state index in [1.165, 1.54) is 36.0 Å². The minimum absolute atomic E-state index is 1.15. The van der Waals surface area contributed by atoms with Crippen molar-refractivity contribution in [1.29, 1.82) is 0 Å². The molecule has 0 unspecified atom stereocenters. The Bertz CT molecular complexity index is 512. The van der Waals surface area contributed by atoms with Crippen molar-refractivity contribution in [3.63, 3.8) is 0 Å². The van der Waals surface area contributed by atoms with Gasteiger partial charge in [0.25, 0.3) is 0 Å². The molecule has 2 aliphatic carbocycles. The SMILES string of the molecule is CCCC1=C2CC=CC2=C(c2ccccc2)C1. The van der Waals surface area contributed by atoms with Gasteiger partial charge in [-0.1, -0.05) is 61.4 Å². The van der Waals surface area contributed by atoms with Gasteiger partial charge in [-0.25, -0.2) is 0 Å². The molecule has 2 aliphatic rings. The fraction of sp³-hybridized carbons (Fsp3) is 0.294. The standard InChI is InChI=1S/C17H18/c1-2-7-14-12-17(13-8-4-3-5-9-13)16-11-6-10-15(14)16/h3-6,8-9,11H,2,7,10,12H2,1H3. The van der Waals surface area contributed by atoms with Crippen molar-refractivity contribution in [3.8, 4) is 0 Å². The van der Waals surface area contributed by atoms with Gasteiger partial charge in [-0.15, -0.1) is 0 Å². The molecule has 0 heterocycles. The van der Waals surface area contributed by atoms with Crippen molar-refractivity contribution in [2.75, 3.05) is 0 Å². The predicted molar refractivity (Wildman–Crippen MR) is 73.7 cm³/mol. The molecule has 0 saturated heterocycles. The number of benzene rings is 1. The Balaban J connectivity index is 2.00. The summed E-state index contributed by atoms with van der Waals surface area (Å²) in [4.78, 5) is 0. The van der Waals surface area contributed by atoms with Crippen LogP contribution in [0.4, 0.5) is 0 Å². The van der Waals surface area contributed by atoms with Crippen LogP contribution < -0.4 is 0 Å². The van der Waals surface area contributed by atoms with Crippen LogP contribution in [0.3, 0.4) is 0 Å². The van der Waals surface area contributed by atoms with Gasteiger partial charge in [-0.05, 0) is 41.5 Å². The number of hydrogen-bond donors (Lipinski definition) is 0. The summed E-state index contributed by atoms with van der Waals surface area (Å²) in [6.07, 6.45) is 9.47. The molecule has 0 spiro atoms. The van der Waals surface area contributed by atoms with E-state index in [0.717, 1.165) is 6.42 Å². The molecule has 86 valence electrons. The topological polar surface area (TPSA) is 0 Å². The molecule has 1 aromatic carbocycles. The Labute approximate surface area is 103 Å². The molecule has 0 N–H and O–H groups in total. The highest BCUT2D eigenvalue weighted by molar-refractivity contribution is 5.82. The molecule has 0 nitrogen and oxygen atoms in total. The van der Waals surface area contributed by atoms with E-state index in [9.17, 15) is 0 Å². The maximum absolute atomic E-state index is 2.32. The van der Waals surface area contributed by atoms with E-state index < -0.39 is 0 Å². The van der Waals surface area contributed by atoms with Crippen LogP contribution >= 0.6 is 0 Å². The molecule has 0 aliphatic heterocycles. The highest BCUT2D eigenvalue weighted by Gasteiger charge is 2.24. The van der Waals surface area contributed by atoms with Crippen LogP contribution in [0.2, 0.25) is 0 Å². The van der Waals surface area contributed by atoms with Gasteiger partial charge in [0, 0.05) is 0 Å². The molecule has 17 heavy (non-hydrogen) atoms. The van der Waals surface area contributed by atoms with Gasteiger partial charge in [-0.3, -0.25) is 0 Å². The molecule has 0 aromatic heterocycles. The fourth-order valence-electron chi connectivity index (χ4n) is 2.98. The van der Waals surface area contributed by atoms with Crippen LogP contribution in [0.25, 0.3) is 5.57 Å². The van der Waals surface area contributed by atoms with Gasteiger partial charge in [0.1, 0.15) is 0 Å². The Hall–Kier alpha value is -1.56. The van der Waals surface area contributed by atoms with E-state index in [4.69, 9.17) is 0 Å². The second kappa shape index (κ2) is 4.37. The van der Waals surface area contributed by atoms with Crippen LogP contribution in [0.5, 0.6) is 0 Å². The van der Waals surface area contributed by atoms with Crippen LogP contribution in [0, 0.1) is 0 Å². The van der Waals surface area contributed by atoms with E-state index in [0.29, 0.717) is 0 Å². The number of allylic oxidation sites excluding steroid dienone is 6. The highest BCUT2D eigenvalue weighted by atomic mass is 14.3. The smallest absolute Gasteiger partial charge is 0.00490 e. The monoisotopic (exact) mass is 222 g/mol. The normalized spacial score (nSPS) is 18.2. The van der Waals surface area contributed by atoms with Crippen LogP contribution in [-0.4, -0.2) is 0 Å². The lowest BCUT2D eigenvalue weighted by molar-refractivity contribution is 0.877. The van der Waals surface area contributed by atoms with Crippen molar-refractivity contribution in [2.24, 2.45) is 0 Å². The Kier molecular flexibility index (Phi) is 2.72. The van der Waals surface area contributed by atoms with E-state index in [2.05, 4.69) is 49.4 Å².